The van der Waals surface area contributed by atoms with Crippen LogP contribution in [0.2, 0.25) is 0 Å². The molecule has 39 heavy (non-hydrogen) atoms. The number of aliphatic hydroxyl groups is 2. The second-order valence-corrected chi connectivity index (χ2v) is 12.8. The molecular weight excluding hydrogens is 512 g/mol. The predicted molar refractivity (Wildman–Crippen MR) is 127 cm³/mol. The molecule has 210 valence electrons. The van der Waals surface area contributed by atoms with E-state index in [9.17, 15) is 24.6 Å². The van der Waals surface area contributed by atoms with Crippen molar-refractivity contribution in [1.82, 2.24) is 0 Å². The zero-order chi connectivity index (χ0) is 27.8. The van der Waals surface area contributed by atoms with Crippen molar-refractivity contribution in [3.63, 3.8) is 0 Å². The zero-order valence-electron chi connectivity index (χ0n) is 22.1. The molecule has 11 nitrogen and oxygen atoms in total. The van der Waals surface area contributed by atoms with E-state index in [1.165, 1.54) is 6.92 Å². The maximum Gasteiger partial charge on any atom is 0.343 e. The highest BCUT2D eigenvalue weighted by Gasteiger charge is 3.04. The molecule has 0 bridgehead atoms. The van der Waals surface area contributed by atoms with Gasteiger partial charge in [0.25, 0.3) is 0 Å². The first-order valence-electron chi connectivity index (χ1n) is 13.3. The van der Waals surface area contributed by atoms with Crippen LogP contribution in [0.1, 0.15) is 39.7 Å². The van der Waals surface area contributed by atoms with Crippen molar-refractivity contribution < 1.29 is 53.0 Å². The van der Waals surface area contributed by atoms with E-state index in [0.29, 0.717) is 0 Å². The molecule has 11 heteroatoms. The molecule has 11 atom stereocenters. The number of benzene rings is 1. The normalized spacial score (nSPS) is 48.9. The van der Waals surface area contributed by atoms with E-state index in [2.05, 4.69) is 0 Å². The topological polar surface area (TPSA) is 147 Å². The lowest BCUT2D eigenvalue weighted by atomic mass is 9.51. The van der Waals surface area contributed by atoms with Crippen LogP contribution in [0.5, 0.6) is 0 Å². The predicted octanol–water partition coefficient (Wildman–Crippen LogP) is 0.829. The fourth-order valence-corrected chi connectivity index (χ4v) is 9.15. The van der Waals surface area contributed by atoms with Gasteiger partial charge in [-0.1, -0.05) is 51.1 Å². The summed E-state index contributed by atoms with van der Waals surface area (Å²) in [5.74, 6) is -4.03. The molecule has 7 rings (SSSR count). The molecular formula is C28H32O11. The third-order valence-electron chi connectivity index (χ3n) is 10.4. The van der Waals surface area contributed by atoms with Gasteiger partial charge in [0.1, 0.15) is 19.0 Å². The second kappa shape index (κ2) is 7.58. The summed E-state index contributed by atoms with van der Waals surface area (Å²) in [6.45, 7) is 7.32. The SMILES string of the molecule is C[C@@H]1C(=O)O[C@H]2[C@H](O)[C@@]34[C@H]5C[C@@H](C(C)(C)C)C36[C@@H](OC(=O)[C@@H]6OCOCc3ccccc3)O[C@@]4(C(=O)O5)[C@@]12O. The number of ether oxygens (including phenoxy) is 6. The monoisotopic (exact) mass is 544 g/mol. The third kappa shape index (κ3) is 2.48. The molecule has 0 amide bonds. The van der Waals surface area contributed by atoms with Crippen LogP contribution in [0.3, 0.4) is 0 Å². The summed E-state index contributed by atoms with van der Waals surface area (Å²) in [4.78, 5) is 39.9. The number of hydrogen-bond donors (Lipinski definition) is 2. The highest BCUT2D eigenvalue weighted by molar-refractivity contribution is 5.94. The molecule has 6 fully saturated rings. The number of aliphatic hydroxyl groups excluding tert-OH is 1. The Morgan fingerprint density at radius 1 is 1.05 bits per heavy atom. The van der Waals surface area contributed by atoms with Gasteiger partial charge in [-0.3, -0.25) is 4.79 Å². The van der Waals surface area contributed by atoms with Gasteiger partial charge in [-0.05, 0) is 30.2 Å². The lowest BCUT2D eigenvalue weighted by Crippen LogP contribution is -2.67. The molecule has 1 unspecified atom stereocenters. The Morgan fingerprint density at radius 3 is 2.46 bits per heavy atom. The minimum Gasteiger partial charge on any atom is -0.459 e. The fraction of sp³-hybridized carbons (Fsp3) is 0.679. The lowest BCUT2D eigenvalue weighted by molar-refractivity contribution is -0.240. The Balaban J connectivity index is 1.36. The first kappa shape index (κ1) is 25.4. The molecule has 4 saturated heterocycles. The molecule has 2 saturated carbocycles. The molecule has 0 aromatic heterocycles. The van der Waals surface area contributed by atoms with Gasteiger partial charge >= 0.3 is 17.9 Å². The van der Waals surface area contributed by atoms with Crippen molar-refractivity contribution in [2.45, 2.75) is 82.6 Å². The highest BCUT2D eigenvalue weighted by Crippen LogP contribution is 2.84. The van der Waals surface area contributed by atoms with Gasteiger partial charge < -0.3 is 38.6 Å². The van der Waals surface area contributed by atoms with Gasteiger partial charge in [0.2, 0.25) is 11.9 Å². The van der Waals surface area contributed by atoms with Crippen LogP contribution in [0.4, 0.5) is 0 Å². The summed E-state index contributed by atoms with van der Waals surface area (Å²) < 4.78 is 35.4. The molecule has 2 N–H and O–H groups in total. The van der Waals surface area contributed by atoms with Gasteiger partial charge in [0, 0.05) is 0 Å². The van der Waals surface area contributed by atoms with E-state index in [1.807, 2.05) is 51.1 Å². The first-order valence-corrected chi connectivity index (χ1v) is 13.3. The molecule has 2 spiro atoms. The fourth-order valence-electron chi connectivity index (χ4n) is 9.15. The summed E-state index contributed by atoms with van der Waals surface area (Å²) in [5.41, 5.74) is -7.20. The van der Waals surface area contributed by atoms with Gasteiger partial charge in [-0.25, -0.2) is 9.59 Å². The highest BCUT2D eigenvalue weighted by atomic mass is 16.8. The molecule has 2 aliphatic carbocycles. The zero-order valence-corrected chi connectivity index (χ0v) is 22.1. The Labute approximate surface area is 224 Å². The van der Waals surface area contributed by atoms with Crippen molar-refractivity contribution in [3.05, 3.63) is 35.9 Å². The summed E-state index contributed by atoms with van der Waals surface area (Å²) in [6.07, 6.45) is -6.39. The van der Waals surface area contributed by atoms with E-state index < -0.39 is 87.9 Å². The van der Waals surface area contributed by atoms with Gasteiger partial charge in [-0.15, -0.1) is 0 Å². The van der Waals surface area contributed by atoms with Crippen molar-refractivity contribution in [1.29, 1.82) is 0 Å². The quantitative estimate of drug-likeness (QED) is 0.235. The molecule has 1 aromatic carbocycles. The van der Waals surface area contributed by atoms with Crippen LogP contribution >= 0.6 is 0 Å². The van der Waals surface area contributed by atoms with Crippen molar-refractivity contribution >= 4 is 17.9 Å². The van der Waals surface area contributed by atoms with E-state index in [-0.39, 0.29) is 19.8 Å². The van der Waals surface area contributed by atoms with Gasteiger partial charge in [0.05, 0.1) is 23.4 Å². The van der Waals surface area contributed by atoms with Crippen LogP contribution in [0.25, 0.3) is 0 Å². The average molecular weight is 545 g/mol. The van der Waals surface area contributed by atoms with Crippen LogP contribution in [0, 0.1) is 28.1 Å². The molecule has 0 radical (unpaired) electrons. The third-order valence-corrected chi connectivity index (χ3v) is 10.4. The Kier molecular flexibility index (Phi) is 4.94. The summed E-state index contributed by atoms with van der Waals surface area (Å²) >= 11 is 0. The maximum absolute atomic E-state index is 13.8. The minimum absolute atomic E-state index is 0.232. The number of esters is 3. The molecule has 4 heterocycles. The van der Waals surface area contributed by atoms with Crippen LogP contribution in [-0.2, 0) is 49.4 Å². The number of carbonyl (C=O) groups excluding carboxylic acids is 3. The second-order valence-electron chi connectivity index (χ2n) is 12.8. The maximum atomic E-state index is 13.8. The first-order chi connectivity index (χ1) is 18.4. The van der Waals surface area contributed by atoms with E-state index >= 15 is 0 Å². The summed E-state index contributed by atoms with van der Waals surface area (Å²) in [7, 11) is 0. The molecule has 4 aliphatic heterocycles. The molecule has 1 aromatic rings. The van der Waals surface area contributed by atoms with Crippen molar-refractivity contribution in [2.24, 2.45) is 28.1 Å². The minimum atomic E-state index is -2.25. The number of carbonyl (C=O) groups is 3. The van der Waals surface area contributed by atoms with Crippen LogP contribution in [-0.4, -0.2) is 76.8 Å². The van der Waals surface area contributed by atoms with Crippen molar-refractivity contribution in [2.75, 3.05) is 6.79 Å². The Morgan fingerprint density at radius 2 is 1.77 bits per heavy atom. The molecule has 6 aliphatic rings. The van der Waals surface area contributed by atoms with Crippen LogP contribution < -0.4 is 0 Å². The number of rotatable bonds is 5. The standard InChI is InChI=1S/C28H32O11/c1-13-20(30)37-18-17(29)26-16-10-15(24(2,3)4)25(26)19(35-12-34-11-14-8-6-5-7-9-14)21(31)38-23(25)39-28(26,22(32)36-16)27(13,18)33/h5-9,13,15-19,23,29,33H,10-12H2,1-4H3/t13-,15+,16-,17+,18+,19+,23+,25?,26+,27-,28-/m1/s1. The van der Waals surface area contributed by atoms with Crippen LogP contribution in [0.15, 0.2) is 30.3 Å². The Hall–Kier alpha value is -2.57. The van der Waals surface area contributed by atoms with Gasteiger partial charge in [-0.2, -0.15) is 0 Å². The number of hydrogen-bond acceptors (Lipinski definition) is 11. The van der Waals surface area contributed by atoms with E-state index in [0.717, 1.165) is 5.56 Å². The Bertz CT molecular complexity index is 1260. The summed E-state index contributed by atoms with van der Waals surface area (Å²) in [6, 6.07) is 9.44. The summed E-state index contributed by atoms with van der Waals surface area (Å²) in [5, 5.41) is 24.3. The van der Waals surface area contributed by atoms with E-state index in [1.54, 1.807) is 0 Å². The number of fused-ring (bicyclic) bond motifs is 1. The van der Waals surface area contributed by atoms with E-state index in [4.69, 9.17) is 28.4 Å². The average Bonchev–Trinajstić information content (AvgIpc) is 3.60. The van der Waals surface area contributed by atoms with Crippen molar-refractivity contribution in [3.8, 4) is 0 Å². The largest absolute Gasteiger partial charge is 0.459 e. The smallest absolute Gasteiger partial charge is 0.343 e. The van der Waals surface area contributed by atoms with Gasteiger partial charge in [0.15, 0.2) is 17.8 Å². The lowest BCUT2D eigenvalue weighted by Gasteiger charge is -2.48.